The molecule has 0 saturated heterocycles. The molecule has 3 rings (SSSR count). The maximum Gasteiger partial charge on any atom is 0.222 e. The summed E-state index contributed by atoms with van der Waals surface area (Å²) in [7, 11) is 0. The lowest BCUT2D eigenvalue weighted by atomic mass is 10.1. The molecule has 23 heavy (non-hydrogen) atoms. The molecule has 4 nitrogen and oxygen atoms in total. The number of rotatable bonds is 4. The first kappa shape index (κ1) is 15.6. The molecule has 1 aromatic carbocycles. The van der Waals surface area contributed by atoms with Gasteiger partial charge in [0.2, 0.25) is 5.28 Å². The number of aryl methyl sites for hydroxylation is 1. The number of nitriles is 1. The third-order valence-corrected chi connectivity index (χ3v) is 3.98. The topological polar surface area (TPSA) is 58.8 Å². The third kappa shape index (κ3) is 3.10. The van der Waals surface area contributed by atoms with Crippen molar-refractivity contribution >= 4 is 11.6 Å². The van der Waals surface area contributed by atoms with Crippen molar-refractivity contribution in [3.8, 4) is 23.1 Å². The van der Waals surface area contributed by atoms with Gasteiger partial charge in [-0.3, -0.25) is 0 Å². The van der Waals surface area contributed by atoms with Gasteiger partial charge in [-0.2, -0.15) is 5.26 Å². The Balaban J connectivity index is 1.91. The van der Waals surface area contributed by atoms with Gasteiger partial charge in [0.05, 0.1) is 17.2 Å². The quantitative estimate of drug-likeness (QED) is 0.790. The first-order valence-electron chi connectivity index (χ1n) is 6.97. The van der Waals surface area contributed by atoms with Crippen molar-refractivity contribution in [3.63, 3.8) is 0 Å². The van der Waals surface area contributed by atoms with Crippen molar-refractivity contribution in [3.05, 3.63) is 40.8 Å². The van der Waals surface area contributed by atoms with E-state index in [-0.39, 0.29) is 17.5 Å². The van der Waals surface area contributed by atoms with Crippen LogP contribution in [0.1, 0.15) is 18.4 Å². The minimum absolute atomic E-state index is 0.00330. The lowest BCUT2D eigenvalue weighted by Gasteiger charge is -2.12. The summed E-state index contributed by atoms with van der Waals surface area (Å²) >= 11 is 5.74. The third-order valence-electron chi connectivity index (χ3n) is 3.80. The Labute approximate surface area is 136 Å². The molecule has 0 spiro atoms. The van der Waals surface area contributed by atoms with Crippen LogP contribution in [0.15, 0.2) is 18.3 Å². The van der Waals surface area contributed by atoms with Crippen molar-refractivity contribution < 1.29 is 13.5 Å². The normalized spacial score (nSPS) is 15.1. The van der Waals surface area contributed by atoms with Crippen molar-refractivity contribution in [1.29, 1.82) is 5.26 Å². The molecule has 1 aliphatic carbocycles. The molecule has 0 amide bonds. The average molecular weight is 336 g/mol. The minimum atomic E-state index is -0.845. The second-order valence-corrected chi connectivity index (χ2v) is 5.96. The summed E-state index contributed by atoms with van der Waals surface area (Å²) in [6, 6.07) is 4.38. The molecular formula is C16H12ClF2N3O. The van der Waals surface area contributed by atoms with Gasteiger partial charge in [-0.1, -0.05) is 0 Å². The van der Waals surface area contributed by atoms with Crippen molar-refractivity contribution in [1.82, 2.24) is 9.97 Å². The van der Waals surface area contributed by atoms with E-state index < -0.39 is 22.8 Å². The Morgan fingerprint density at radius 3 is 2.57 bits per heavy atom. The fraction of sp³-hybridized carbons (Fsp3) is 0.312. The van der Waals surface area contributed by atoms with E-state index in [2.05, 4.69) is 16.0 Å². The summed E-state index contributed by atoms with van der Waals surface area (Å²) in [5.74, 6) is -2.17. The van der Waals surface area contributed by atoms with Gasteiger partial charge in [0.1, 0.15) is 6.61 Å². The first-order valence-corrected chi connectivity index (χ1v) is 7.34. The molecule has 2 aromatic rings. The van der Waals surface area contributed by atoms with Gasteiger partial charge >= 0.3 is 0 Å². The summed E-state index contributed by atoms with van der Waals surface area (Å²) in [5, 5.41) is 8.97. The van der Waals surface area contributed by atoms with Gasteiger partial charge in [-0.15, -0.1) is 0 Å². The molecule has 7 heteroatoms. The molecule has 0 N–H and O–H groups in total. The largest absolute Gasteiger partial charge is 0.486 e. The molecule has 1 heterocycles. The van der Waals surface area contributed by atoms with Gasteiger partial charge in [0, 0.05) is 11.8 Å². The van der Waals surface area contributed by atoms with Crippen LogP contribution in [0.5, 0.6) is 5.75 Å². The summed E-state index contributed by atoms with van der Waals surface area (Å²) in [6.07, 6.45) is 2.85. The summed E-state index contributed by atoms with van der Waals surface area (Å²) in [4.78, 5) is 7.81. The van der Waals surface area contributed by atoms with Crippen LogP contribution in [-0.4, -0.2) is 16.6 Å². The van der Waals surface area contributed by atoms with E-state index in [1.165, 1.54) is 6.20 Å². The van der Waals surface area contributed by atoms with Crippen LogP contribution in [0.4, 0.5) is 8.78 Å². The van der Waals surface area contributed by atoms with Crippen LogP contribution in [0.25, 0.3) is 11.3 Å². The molecule has 1 aliphatic rings. The second-order valence-electron chi connectivity index (χ2n) is 5.62. The number of aromatic nitrogens is 2. The van der Waals surface area contributed by atoms with Gasteiger partial charge in [-0.05, 0) is 49.1 Å². The highest BCUT2D eigenvalue weighted by Gasteiger charge is 2.44. The molecule has 1 aromatic heterocycles. The summed E-state index contributed by atoms with van der Waals surface area (Å²) in [5.41, 5.74) is 0.637. The zero-order chi connectivity index (χ0) is 16.6. The summed E-state index contributed by atoms with van der Waals surface area (Å²) in [6.45, 7) is 1.70. The number of hydrogen-bond donors (Lipinski definition) is 0. The lowest BCUT2D eigenvalue weighted by molar-refractivity contribution is 0.245. The van der Waals surface area contributed by atoms with Crippen molar-refractivity contribution in [2.45, 2.75) is 19.8 Å². The van der Waals surface area contributed by atoms with E-state index in [4.69, 9.17) is 21.6 Å². The van der Waals surface area contributed by atoms with E-state index in [0.29, 0.717) is 24.1 Å². The smallest absolute Gasteiger partial charge is 0.222 e. The molecule has 0 bridgehead atoms. The van der Waals surface area contributed by atoms with Crippen LogP contribution in [0.3, 0.4) is 0 Å². The standard InChI is InChI=1S/C16H12ClF2N3O/c1-9-6-21-15(17)22-13(9)10-4-11(18)14(12(19)5-10)23-8-16(7-20)2-3-16/h4-6H,2-3,8H2,1H3. The Hall–Kier alpha value is -2.26. The zero-order valence-corrected chi connectivity index (χ0v) is 13.0. The van der Waals surface area contributed by atoms with Crippen LogP contribution < -0.4 is 4.74 Å². The Morgan fingerprint density at radius 2 is 2.00 bits per heavy atom. The van der Waals surface area contributed by atoms with E-state index in [0.717, 1.165) is 12.1 Å². The predicted molar refractivity (Wildman–Crippen MR) is 79.9 cm³/mol. The van der Waals surface area contributed by atoms with Crippen LogP contribution in [0.2, 0.25) is 5.28 Å². The molecule has 118 valence electrons. The number of hydrogen-bond acceptors (Lipinski definition) is 4. The van der Waals surface area contributed by atoms with Gasteiger partial charge in [0.15, 0.2) is 17.4 Å². The van der Waals surface area contributed by atoms with Crippen LogP contribution in [-0.2, 0) is 0 Å². The minimum Gasteiger partial charge on any atom is -0.486 e. The number of benzene rings is 1. The van der Waals surface area contributed by atoms with E-state index in [1.807, 2.05) is 0 Å². The van der Waals surface area contributed by atoms with Gasteiger partial charge < -0.3 is 4.74 Å². The van der Waals surface area contributed by atoms with Crippen LogP contribution >= 0.6 is 11.6 Å². The first-order chi connectivity index (χ1) is 10.9. The maximum atomic E-state index is 14.2. The second kappa shape index (κ2) is 5.74. The molecule has 0 aliphatic heterocycles. The molecule has 1 saturated carbocycles. The van der Waals surface area contributed by atoms with Crippen LogP contribution in [0, 0.1) is 35.3 Å². The fourth-order valence-corrected chi connectivity index (χ4v) is 2.33. The zero-order valence-electron chi connectivity index (χ0n) is 12.2. The average Bonchev–Trinajstić information content (AvgIpc) is 3.29. The molecule has 0 radical (unpaired) electrons. The van der Waals surface area contributed by atoms with E-state index in [9.17, 15) is 8.78 Å². The van der Waals surface area contributed by atoms with Crippen molar-refractivity contribution in [2.75, 3.05) is 6.61 Å². The highest BCUT2D eigenvalue weighted by molar-refractivity contribution is 6.28. The van der Waals surface area contributed by atoms with Crippen molar-refractivity contribution in [2.24, 2.45) is 5.41 Å². The molecule has 1 fully saturated rings. The van der Waals surface area contributed by atoms with Gasteiger partial charge in [-0.25, -0.2) is 18.7 Å². The predicted octanol–water partition coefficient (Wildman–Crippen LogP) is 4.07. The highest BCUT2D eigenvalue weighted by Crippen LogP contribution is 2.45. The number of halogens is 3. The Morgan fingerprint density at radius 1 is 1.35 bits per heavy atom. The fourth-order valence-electron chi connectivity index (χ4n) is 2.20. The monoisotopic (exact) mass is 335 g/mol. The molecule has 0 atom stereocenters. The lowest BCUT2D eigenvalue weighted by Crippen LogP contribution is -2.12. The number of ether oxygens (including phenoxy) is 1. The Bertz CT molecular complexity index is 792. The molecule has 0 unspecified atom stereocenters. The maximum absolute atomic E-state index is 14.2. The molecular weight excluding hydrogens is 324 g/mol. The number of nitrogens with zero attached hydrogens (tertiary/aromatic N) is 3. The van der Waals surface area contributed by atoms with E-state index in [1.54, 1.807) is 6.92 Å². The summed E-state index contributed by atoms with van der Waals surface area (Å²) < 4.78 is 33.6. The van der Waals surface area contributed by atoms with Gasteiger partial charge in [0.25, 0.3) is 0 Å². The highest BCUT2D eigenvalue weighted by atomic mass is 35.5. The Kier molecular flexibility index (Phi) is 3.90. The van der Waals surface area contributed by atoms with E-state index >= 15 is 0 Å². The SMILES string of the molecule is Cc1cnc(Cl)nc1-c1cc(F)c(OCC2(C#N)CC2)c(F)c1.